The number of benzene rings is 1. The minimum absolute atomic E-state index is 0.0308. The van der Waals surface area contributed by atoms with Gasteiger partial charge in [-0.15, -0.1) is 0 Å². The van der Waals surface area contributed by atoms with Crippen LogP contribution < -0.4 is 4.74 Å². The molecule has 0 bridgehead atoms. The quantitative estimate of drug-likeness (QED) is 0.853. The molecule has 0 spiro atoms. The second kappa shape index (κ2) is 5.07. The molecule has 0 unspecified atom stereocenters. The van der Waals surface area contributed by atoms with Crippen molar-refractivity contribution in [2.45, 2.75) is 19.8 Å². The van der Waals surface area contributed by atoms with Crippen LogP contribution in [-0.4, -0.2) is 23.3 Å². The van der Waals surface area contributed by atoms with Crippen LogP contribution in [-0.2, 0) is 11.2 Å². The van der Waals surface area contributed by atoms with Gasteiger partial charge >= 0.3 is 5.97 Å². The van der Waals surface area contributed by atoms with Crippen LogP contribution in [0, 0.1) is 6.92 Å². The van der Waals surface area contributed by atoms with Crippen molar-refractivity contribution >= 4 is 17.6 Å². The average molecular weight is 245 g/mol. The van der Waals surface area contributed by atoms with Gasteiger partial charge in [0, 0.05) is 23.1 Å². The third-order valence-corrected chi connectivity index (χ3v) is 2.77. The molecule has 0 heterocycles. The highest BCUT2D eigenvalue weighted by Gasteiger charge is 2.15. The molecule has 5 heteroatoms. The van der Waals surface area contributed by atoms with Crippen LogP contribution in [0.5, 0.6) is 11.5 Å². The van der Waals surface area contributed by atoms with Gasteiger partial charge in [0.15, 0.2) is 11.5 Å². The first-order valence-electron chi connectivity index (χ1n) is 4.74. The number of aromatic hydroxyl groups is 1. The van der Waals surface area contributed by atoms with Crippen LogP contribution in [0.3, 0.4) is 0 Å². The van der Waals surface area contributed by atoms with E-state index in [0.29, 0.717) is 16.3 Å². The van der Waals surface area contributed by atoms with Gasteiger partial charge < -0.3 is 14.9 Å². The Labute approximate surface area is 98.4 Å². The SMILES string of the molecule is COc1c(O)cc(Cl)c(C)c1CCC(=O)O. The van der Waals surface area contributed by atoms with Crippen molar-refractivity contribution in [3.8, 4) is 11.5 Å². The Hall–Kier alpha value is -1.42. The maximum atomic E-state index is 10.5. The molecule has 1 rings (SSSR count). The zero-order chi connectivity index (χ0) is 12.3. The lowest BCUT2D eigenvalue weighted by molar-refractivity contribution is -0.136. The summed E-state index contributed by atoms with van der Waals surface area (Å²) in [5.41, 5.74) is 1.37. The molecule has 0 aliphatic carbocycles. The standard InChI is InChI=1S/C11H13ClO4/c1-6-7(3-4-10(14)15)11(16-2)9(13)5-8(6)12/h5,13H,3-4H2,1-2H3,(H,14,15). The maximum Gasteiger partial charge on any atom is 0.303 e. The highest BCUT2D eigenvalue weighted by Crippen LogP contribution is 2.37. The van der Waals surface area contributed by atoms with Crippen molar-refractivity contribution < 1.29 is 19.7 Å². The van der Waals surface area contributed by atoms with Gasteiger partial charge in [-0.05, 0) is 18.9 Å². The van der Waals surface area contributed by atoms with E-state index in [0.717, 1.165) is 5.56 Å². The molecule has 0 atom stereocenters. The number of carbonyl (C=O) groups is 1. The number of halogens is 1. The number of rotatable bonds is 4. The smallest absolute Gasteiger partial charge is 0.303 e. The molecule has 0 fully saturated rings. The Morgan fingerprint density at radius 2 is 2.19 bits per heavy atom. The molecule has 0 aliphatic rings. The number of methoxy groups -OCH3 is 1. The van der Waals surface area contributed by atoms with Crippen LogP contribution in [0.15, 0.2) is 6.07 Å². The summed E-state index contributed by atoms with van der Waals surface area (Å²) in [6.07, 6.45) is 0.245. The van der Waals surface area contributed by atoms with E-state index in [2.05, 4.69) is 0 Å². The number of aliphatic carboxylic acids is 1. The van der Waals surface area contributed by atoms with Gasteiger partial charge in [-0.1, -0.05) is 11.6 Å². The van der Waals surface area contributed by atoms with E-state index in [4.69, 9.17) is 21.4 Å². The zero-order valence-corrected chi connectivity index (χ0v) is 9.84. The van der Waals surface area contributed by atoms with Gasteiger partial charge in [0.25, 0.3) is 0 Å². The maximum absolute atomic E-state index is 10.5. The highest BCUT2D eigenvalue weighted by molar-refractivity contribution is 6.31. The fraction of sp³-hybridized carbons (Fsp3) is 0.364. The molecule has 0 saturated heterocycles. The normalized spacial score (nSPS) is 10.2. The number of hydrogen-bond donors (Lipinski definition) is 2. The van der Waals surface area contributed by atoms with Gasteiger partial charge in [-0.3, -0.25) is 4.79 Å². The third-order valence-electron chi connectivity index (χ3n) is 2.37. The molecule has 0 aromatic heterocycles. The summed E-state index contributed by atoms with van der Waals surface area (Å²) in [6.45, 7) is 1.77. The molecule has 2 N–H and O–H groups in total. The van der Waals surface area contributed by atoms with Gasteiger partial charge in [0.05, 0.1) is 7.11 Å². The molecule has 16 heavy (non-hydrogen) atoms. The summed E-state index contributed by atoms with van der Waals surface area (Å²) in [6, 6.07) is 1.39. The molecule has 0 aliphatic heterocycles. The van der Waals surface area contributed by atoms with Crippen LogP contribution in [0.25, 0.3) is 0 Å². The van der Waals surface area contributed by atoms with Crippen molar-refractivity contribution in [2.24, 2.45) is 0 Å². The Bertz CT molecular complexity index is 415. The van der Waals surface area contributed by atoms with Crippen molar-refractivity contribution in [3.63, 3.8) is 0 Å². The first-order valence-corrected chi connectivity index (χ1v) is 5.12. The van der Waals surface area contributed by atoms with Gasteiger partial charge in [0.1, 0.15) is 0 Å². The molecule has 0 saturated carbocycles. The Kier molecular flexibility index (Phi) is 4.01. The van der Waals surface area contributed by atoms with Crippen molar-refractivity contribution in [2.75, 3.05) is 7.11 Å². The number of ether oxygens (including phenoxy) is 1. The number of carboxylic acid groups (broad SMARTS) is 1. The number of phenols is 1. The second-order valence-corrected chi connectivity index (χ2v) is 3.82. The second-order valence-electron chi connectivity index (χ2n) is 3.41. The van der Waals surface area contributed by atoms with E-state index < -0.39 is 5.97 Å². The molecule has 88 valence electrons. The lowest BCUT2D eigenvalue weighted by atomic mass is 10.0. The minimum atomic E-state index is -0.902. The lowest BCUT2D eigenvalue weighted by Gasteiger charge is -2.13. The number of phenolic OH excluding ortho intramolecular Hbond substituents is 1. The van der Waals surface area contributed by atoms with E-state index in [9.17, 15) is 9.90 Å². The molecule has 1 aromatic rings. The average Bonchev–Trinajstić information content (AvgIpc) is 2.20. The summed E-state index contributed by atoms with van der Waals surface area (Å²) >= 11 is 5.90. The van der Waals surface area contributed by atoms with E-state index in [-0.39, 0.29) is 18.6 Å². The molecule has 0 amide bonds. The van der Waals surface area contributed by atoms with Gasteiger partial charge in [-0.25, -0.2) is 0 Å². The summed E-state index contributed by atoms with van der Waals surface area (Å²) < 4.78 is 5.04. The largest absolute Gasteiger partial charge is 0.504 e. The van der Waals surface area contributed by atoms with Crippen LogP contribution >= 0.6 is 11.6 Å². The Morgan fingerprint density at radius 1 is 1.56 bits per heavy atom. The molecular weight excluding hydrogens is 232 g/mol. The predicted molar refractivity (Wildman–Crippen MR) is 60.4 cm³/mol. The topological polar surface area (TPSA) is 66.8 Å². The van der Waals surface area contributed by atoms with Crippen molar-refractivity contribution in [1.29, 1.82) is 0 Å². The van der Waals surface area contributed by atoms with Crippen LogP contribution in [0.1, 0.15) is 17.5 Å². The fourth-order valence-electron chi connectivity index (χ4n) is 1.52. The van der Waals surface area contributed by atoms with Crippen LogP contribution in [0.2, 0.25) is 5.02 Å². The first kappa shape index (κ1) is 12.6. The van der Waals surface area contributed by atoms with E-state index in [1.807, 2.05) is 0 Å². The molecule has 1 aromatic carbocycles. The Morgan fingerprint density at radius 3 is 2.69 bits per heavy atom. The van der Waals surface area contributed by atoms with Crippen molar-refractivity contribution in [3.05, 3.63) is 22.2 Å². The van der Waals surface area contributed by atoms with Crippen molar-refractivity contribution in [1.82, 2.24) is 0 Å². The minimum Gasteiger partial charge on any atom is -0.504 e. The summed E-state index contributed by atoms with van der Waals surface area (Å²) in [4.78, 5) is 10.5. The highest BCUT2D eigenvalue weighted by atomic mass is 35.5. The van der Waals surface area contributed by atoms with Gasteiger partial charge in [0.2, 0.25) is 0 Å². The number of hydrogen-bond acceptors (Lipinski definition) is 3. The fourth-order valence-corrected chi connectivity index (χ4v) is 1.74. The van der Waals surface area contributed by atoms with E-state index in [1.165, 1.54) is 13.2 Å². The van der Waals surface area contributed by atoms with Gasteiger partial charge in [-0.2, -0.15) is 0 Å². The molecule has 4 nitrogen and oxygen atoms in total. The third kappa shape index (κ3) is 2.58. The lowest BCUT2D eigenvalue weighted by Crippen LogP contribution is -2.02. The van der Waals surface area contributed by atoms with E-state index in [1.54, 1.807) is 6.92 Å². The predicted octanol–water partition coefficient (Wildman–Crippen LogP) is 2.38. The summed E-state index contributed by atoms with van der Waals surface area (Å²) in [5.74, 6) is -0.678. The monoisotopic (exact) mass is 244 g/mol. The van der Waals surface area contributed by atoms with E-state index >= 15 is 0 Å². The molecule has 0 radical (unpaired) electrons. The zero-order valence-electron chi connectivity index (χ0n) is 9.08. The first-order chi connectivity index (χ1) is 7.47. The number of carboxylic acids is 1. The van der Waals surface area contributed by atoms with Crippen LogP contribution in [0.4, 0.5) is 0 Å². The molecular formula is C11H13ClO4. The summed E-state index contributed by atoms with van der Waals surface area (Å²) in [7, 11) is 1.42. The Balaban J connectivity index is 3.17. The summed E-state index contributed by atoms with van der Waals surface area (Å²) in [5, 5.41) is 18.6.